The second kappa shape index (κ2) is 7.67. The van der Waals surface area contributed by atoms with Gasteiger partial charge in [-0.05, 0) is 48.7 Å². The van der Waals surface area contributed by atoms with Crippen molar-refractivity contribution in [3.8, 4) is 0 Å². The smallest absolute Gasteiger partial charge is 0.251 e. The van der Waals surface area contributed by atoms with E-state index in [1.54, 1.807) is 0 Å². The summed E-state index contributed by atoms with van der Waals surface area (Å²) in [6.45, 7) is 4.02. The van der Waals surface area contributed by atoms with Gasteiger partial charge >= 0.3 is 0 Å². The Morgan fingerprint density at radius 2 is 1.48 bits per heavy atom. The fraction of sp³-hybridized carbons (Fsp3) is 0.136. The van der Waals surface area contributed by atoms with Gasteiger partial charge in [-0.15, -0.1) is 0 Å². The maximum absolute atomic E-state index is 13.0. The van der Waals surface area contributed by atoms with Gasteiger partial charge < -0.3 is 10.6 Å². The van der Waals surface area contributed by atoms with E-state index in [4.69, 9.17) is 0 Å². The van der Waals surface area contributed by atoms with Crippen LogP contribution in [0.1, 0.15) is 22.7 Å². The molecule has 0 fully saturated rings. The topological polar surface area (TPSA) is 41.1 Å². The van der Waals surface area contributed by atoms with Crippen LogP contribution in [-0.4, -0.2) is 5.91 Å². The van der Waals surface area contributed by atoms with Gasteiger partial charge in [-0.1, -0.05) is 60.7 Å². The zero-order valence-electron chi connectivity index (χ0n) is 14.5. The molecule has 3 aromatic rings. The molecule has 3 rings (SSSR count). The number of nitrogens with one attached hydrogen (secondary N) is 2. The summed E-state index contributed by atoms with van der Waals surface area (Å²) in [6.07, 6.45) is 0. The van der Waals surface area contributed by atoms with Crippen molar-refractivity contribution < 1.29 is 4.79 Å². The van der Waals surface area contributed by atoms with Crippen LogP contribution < -0.4 is 10.6 Å². The highest BCUT2D eigenvalue weighted by atomic mass is 16.2. The molecule has 3 aromatic carbocycles. The third-order valence-corrected chi connectivity index (χ3v) is 4.13. The summed E-state index contributed by atoms with van der Waals surface area (Å²) in [4.78, 5) is 13.0. The van der Waals surface area contributed by atoms with Crippen molar-refractivity contribution in [3.05, 3.63) is 95.6 Å². The molecule has 0 saturated heterocycles. The van der Waals surface area contributed by atoms with Gasteiger partial charge in [0, 0.05) is 11.4 Å². The Morgan fingerprint density at radius 1 is 0.840 bits per heavy atom. The number of amides is 1. The number of carbonyl (C=O) groups excluding carboxylic acids is 1. The molecule has 0 bridgehead atoms. The average molecular weight is 330 g/mol. The number of benzene rings is 3. The molecule has 0 saturated carbocycles. The summed E-state index contributed by atoms with van der Waals surface area (Å²) in [6, 6.07) is 25.1. The van der Waals surface area contributed by atoms with E-state index >= 15 is 0 Å². The summed E-state index contributed by atoms with van der Waals surface area (Å²) in [5, 5.41) is 6.41. The highest BCUT2D eigenvalue weighted by molar-refractivity contribution is 5.97. The van der Waals surface area contributed by atoms with Gasteiger partial charge in [0.1, 0.15) is 6.04 Å². The Balaban J connectivity index is 1.88. The van der Waals surface area contributed by atoms with Crippen LogP contribution in [0.3, 0.4) is 0 Å². The van der Waals surface area contributed by atoms with Gasteiger partial charge in [-0.25, -0.2) is 0 Å². The summed E-state index contributed by atoms with van der Waals surface area (Å²) < 4.78 is 0. The Labute approximate surface area is 148 Å². The third kappa shape index (κ3) is 4.27. The van der Waals surface area contributed by atoms with Crippen molar-refractivity contribution >= 4 is 17.3 Å². The Bertz CT molecular complexity index is 844. The monoisotopic (exact) mass is 330 g/mol. The molecule has 0 unspecified atom stereocenters. The van der Waals surface area contributed by atoms with Gasteiger partial charge in [0.15, 0.2) is 0 Å². The molecule has 2 N–H and O–H groups in total. The van der Waals surface area contributed by atoms with E-state index in [9.17, 15) is 4.79 Å². The molecular formula is C22H22N2O. The van der Waals surface area contributed by atoms with E-state index in [1.165, 1.54) is 0 Å². The molecule has 1 atom stereocenters. The minimum atomic E-state index is -0.469. The predicted molar refractivity (Wildman–Crippen MR) is 104 cm³/mol. The molecule has 0 aliphatic carbocycles. The molecule has 0 aliphatic rings. The first-order valence-electron chi connectivity index (χ1n) is 8.38. The third-order valence-electron chi connectivity index (χ3n) is 4.13. The second-order valence-corrected chi connectivity index (χ2v) is 6.16. The fourth-order valence-electron chi connectivity index (χ4n) is 2.72. The minimum Gasteiger partial charge on any atom is -0.370 e. The maximum atomic E-state index is 13.0. The predicted octanol–water partition coefficient (Wildman–Crippen LogP) is 5.10. The van der Waals surface area contributed by atoms with Crippen LogP contribution in [0.5, 0.6) is 0 Å². The fourth-order valence-corrected chi connectivity index (χ4v) is 2.72. The van der Waals surface area contributed by atoms with Crippen LogP contribution >= 0.6 is 0 Å². The van der Waals surface area contributed by atoms with E-state index in [-0.39, 0.29) is 5.91 Å². The van der Waals surface area contributed by atoms with Crippen LogP contribution in [0, 0.1) is 13.8 Å². The molecular weight excluding hydrogens is 308 g/mol. The van der Waals surface area contributed by atoms with Crippen LogP contribution in [0.25, 0.3) is 0 Å². The lowest BCUT2D eigenvalue weighted by atomic mass is 10.0. The van der Waals surface area contributed by atoms with E-state index in [0.29, 0.717) is 0 Å². The Kier molecular flexibility index (Phi) is 5.14. The highest BCUT2D eigenvalue weighted by Crippen LogP contribution is 2.23. The standard InChI is InChI=1S/C22H22N2O/c1-16-13-14-17(2)20(15-16)24-22(25)21(18-9-5-3-6-10-18)23-19-11-7-4-8-12-19/h3-15,21,23H,1-2H3,(H,24,25)/t21-/m0/s1. The van der Waals surface area contributed by atoms with Crippen LogP contribution in [0.2, 0.25) is 0 Å². The number of rotatable bonds is 5. The summed E-state index contributed by atoms with van der Waals surface area (Å²) >= 11 is 0. The highest BCUT2D eigenvalue weighted by Gasteiger charge is 2.21. The molecule has 126 valence electrons. The van der Waals surface area contributed by atoms with Crippen LogP contribution in [0.15, 0.2) is 78.9 Å². The minimum absolute atomic E-state index is 0.0799. The first kappa shape index (κ1) is 16.8. The van der Waals surface area contributed by atoms with Crippen molar-refractivity contribution in [3.63, 3.8) is 0 Å². The Morgan fingerprint density at radius 3 is 2.16 bits per heavy atom. The molecule has 1 amide bonds. The summed E-state index contributed by atoms with van der Waals surface area (Å²) in [5.74, 6) is -0.0799. The molecule has 0 spiro atoms. The van der Waals surface area contributed by atoms with E-state index in [1.807, 2.05) is 92.7 Å². The first-order valence-corrected chi connectivity index (χ1v) is 8.38. The van der Waals surface area contributed by atoms with Gasteiger partial charge in [0.05, 0.1) is 0 Å². The van der Waals surface area contributed by atoms with E-state index < -0.39 is 6.04 Å². The zero-order chi connectivity index (χ0) is 17.6. The second-order valence-electron chi connectivity index (χ2n) is 6.16. The molecule has 0 aliphatic heterocycles. The van der Waals surface area contributed by atoms with Gasteiger partial charge in [0.25, 0.3) is 5.91 Å². The molecule has 0 aromatic heterocycles. The lowest BCUT2D eigenvalue weighted by Gasteiger charge is -2.21. The molecule has 0 radical (unpaired) electrons. The van der Waals surface area contributed by atoms with E-state index in [0.717, 1.165) is 28.1 Å². The molecule has 3 heteroatoms. The Hall–Kier alpha value is -3.07. The molecule has 3 nitrogen and oxygen atoms in total. The lowest BCUT2D eigenvalue weighted by molar-refractivity contribution is -0.117. The summed E-state index contributed by atoms with van der Waals surface area (Å²) in [5.41, 5.74) is 4.85. The average Bonchev–Trinajstić information content (AvgIpc) is 2.64. The van der Waals surface area contributed by atoms with E-state index in [2.05, 4.69) is 10.6 Å². The largest absolute Gasteiger partial charge is 0.370 e. The van der Waals surface area contributed by atoms with Gasteiger partial charge in [-0.2, -0.15) is 0 Å². The summed E-state index contributed by atoms with van der Waals surface area (Å²) in [7, 11) is 0. The van der Waals surface area contributed by atoms with Crippen molar-refractivity contribution in [1.29, 1.82) is 0 Å². The maximum Gasteiger partial charge on any atom is 0.251 e. The molecule has 0 heterocycles. The first-order chi connectivity index (χ1) is 12.1. The number of para-hydroxylation sites is 1. The van der Waals surface area contributed by atoms with Gasteiger partial charge in [0.2, 0.25) is 0 Å². The number of aryl methyl sites for hydroxylation is 2. The number of hydrogen-bond acceptors (Lipinski definition) is 2. The van der Waals surface area contributed by atoms with Crippen molar-refractivity contribution in [1.82, 2.24) is 0 Å². The number of hydrogen-bond donors (Lipinski definition) is 2. The van der Waals surface area contributed by atoms with Gasteiger partial charge in [-0.3, -0.25) is 4.79 Å². The SMILES string of the molecule is Cc1ccc(C)c(NC(=O)[C@@H](Nc2ccccc2)c2ccccc2)c1. The zero-order valence-corrected chi connectivity index (χ0v) is 14.5. The number of carbonyl (C=O) groups is 1. The lowest BCUT2D eigenvalue weighted by Crippen LogP contribution is -2.27. The van der Waals surface area contributed by atoms with Crippen LogP contribution in [-0.2, 0) is 4.79 Å². The number of anilines is 2. The van der Waals surface area contributed by atoms with Crippen LogP contribution in [0.4, 0.5) is 11.4 Å². The van der Waals surface area contributed by atoms with Crippen molar-refractivity contribution in [2.45, 2.75) is 19.9 Å². The van der Waals surface area contributed by atoms with Crippen molar-refractivity contribution in [2.75, 3.05) is 10.6 Å². The van der Waals surface area contributed by atoms with Crippen molar-refractivity contribution in [2.24, 2.45) is 0 Å². The normalized spacial score (nSPS) is 11.6. The molecule has 25 heavy (non-hydrogen) atoms. The quantitative estimate of drug-likeness (QED) is 0.684.